The smallest absolute Gasteiger partial charge is 0.319 e. The van der Waals surface area contributed by atoms with Gasteiger partial charge < -0.3 is 15.0 Å². The van der Waals surface area contributed by atoms with Crippen LogP contribution in [0.3, 0.4) is 0 Å². The van der Waals surface area contributed by atoms with E-state index in [-0.39, 0.29) is 6.01 Å². The van der Waals surface area contributed by atoms with Crippen molar-refractivity contribution in [2.45, 2.75) is 0 Å². The van der Waals surface area contributed by atoms with Gasteiger partial charge in [-0.05, 0) is 6.07 Å². The Morgan fingerprint density at radius 3 is 2.71 bits per heavy atom. The summed E-state index contributed by atoms with van der Waals surface area (Å²) in [6.45, 7) is 0. The van der Waals surface area contributed by atoms with Gasteiger partial charge in [0.15, 0.2) is 0 Å². The molecule has 14 heavy (non-hydrogen) atoms. The number of aromatic nitrogens is 4. The minimum atomic E-state index is -0.00221. The first-order chi connectivity index (χ1) is 6.79. The third-order valence-electron chi connectivity index (χ3n) is 1.52. The lowest BCUT2D eigenvalue weighted by atomic mass is 10.4. The molecule has 7 nitrogen and oxygen atoms in total. The number of anilines is 1. The highest BCUT2D eigenvalue weighted by Crippen LogP contribution is 2.14. The molecule has 2 heterocycles. The molecule has 2 aromatic heterocycles. The molecular formula is C7H7N5O2. The van der Waals surface area contributed by atoms with Crippen molar-refractivity contribution in [2.24, 2.45) is 0 Å². The Hall–Kier alpha value is -2.18. The van der Waals surface area contributed by atoms with E-state index in [9.17, 15) is 0 Å². The fourth-order valence-electron chi connectivity index (χ4n) is 0.887. The maximum absolute atomic E-state index is 5.26. The third kappa shape index (κ3) is 1.47. The van der Waals surface area contributed by atoms with Gasteiger partial charge in [-0.1, -0.05) is 5.16 Å². The zero-order valence-electron chi connectivity index (χ0n) is 7.34. The zero-order valence-corrected chi connectivity index (χ0v) is 7.34. The average Bonchev–Trinajstić information content (AvgIpc) is 2.65. The quantitative estimate of drug-likeness (QED) is 0.722. The molecule has 0 amide bonds. The first-order valence-electron chi connectivity index (χ1n) is 3.77. The van der Waals surface area contributed by atoms with E-state index >= 15 is 0 Å². The Labute approximate surface area is 78.9 Å². The van der Waals surface area contributed by atoms with Gasteiger partial charge in [0.05, 0.1) is 7.11 Å². The Morgan fingerprint density at radius 2 is 2.21 bits per heavy atom. The molecule has 0 radical (unpaired) electrons. The SMILES string of the molecule is COc1ccc(-c2noc(N)n2)nn1. The molecule has 0 aromatic carbocycles. The second-order valence-corrected chi connectivity index (χ2v) is 2.42. The van der Waals surface area contributed by atoms with E-state index in [2.05, 4.69) is 24.9 Å². The van der Waals surface area contributed by atoms with Crippen LogP contribution in [-0.4, -0.2) is 27.4 Å². The summed E-state index contributed by atoms with van der Waals surface area (Å²) in [6, 6.07) is 3.31. The van der Waals surface area contributed by atoms with Gasteiger partial charge in [0.1, 0.15) is 5.69 Å². The molecule has 0 aliphatic rings. The van der Waals surface area contributed by atoms with Crippen LogP contribution in [0.1, 0.15) is 0 Å². The number of hydrogen-bond donors (Lipinski definition) is 1. The van der Waals surface area contributed by atoms with Crippen molar-refractivity contribution in [2.75, 3.05) is 12.8 Å². The van der Waals surface area contributed by atoms with E-state index in [0.29, 0.717) is 17.4 Å². The van der Waals surface area contributed by atoms with Gasteiger partial charge in [-0.3, -0.25) is 0 Å². The predicted molar refractivity (Wildman–Crippen MR) is 46.3 cm³/mol. The van der Waals surface area contributed by atoms with Crippen LogP contribution < -0.4 is 10.5 Å². The molecule has 0 bridgehead atoms. The molecule has 0 fully saturated rings. The molecule has 7 heteroatoms. The molecule has 0 unspecified atom stereocenters. The molecule has 0 saturated carbocycles. The number of nitrogen functional groups attached to an aromatic ring is 1. The minimum absolute atomic E-state index is 0.00221. The molecule has 2 rings (SSSR count). The topological polar surface area (TPSA) is 100.0 Å². The molecular weight excluding hydrogens is 186 g/mol. The van der Waals surface area contributed by atoms with Gasteiger partial charge >= 0.3 is 6.01 Å². The molecule has 2 N–H and O–H groups in total. The molecule has 0 spiro atoms. The van der Waals surface area contributed by atoms with Crippen molar-refractivity contribution in [3.8, 4) is 17.4 Å². The van der Waals surface area contributed by atoms with E-state index in [1.54, 1.807) is 12.1 Å². The van der Waals surface area contributed by atoms with Crippen LogP contribution in [0.4, 0.5) is 6.01 Å². The fraction of sp³-hybridized carbons (Fsp3) is 0.143. The first kappa shape index (κ1) is 8.42. The van der Waals surface area contributed by atoms with E-state index in [1.807, 2.05) is 0 Å². The molecule has 0 saturated heterocycles. The fourth-order valence-corrected chi connectivity index (χ4v) is 0.887. The van der Waals surface area contributed by atoms with Crippen LogP contribution in [0.5, 0.6) is 5.88 Å². The average molecular weight is 193 g/mol. The van der Waals surface area contributed by atoms with Crippen LogP contribution in [0.15, 0.2) is 16.7 Å². The standard InChI is InChI=1S/C7H7N5O2/c1-13-5-3-2-4(10-11-5)6-9-7(8)14-12-6/h2-3H,1H3,(H2,8,9,12). The van der Waals surface area contributed by atoms with Gasteiger partial charge in [-0.25, -0.2) is 0 Å². The summed E-state index contributed by atoms with van der Waals surface area (Å²) in [6.07, 6.45) is 0. The van der Waals surface area contributed by atoms with Crippen molar-refractivity contribution < 1.29 is 9.26 Å². The van der Waals surface area contributed by atoms with Gasteiger partial charge in [0.25, 0.3) is 0 Å². The molecule has 72 valence electrons. The summed E-state index contributed by atoms with van der Waals surface area (Å²) in [5.41, 5.74) is 5.74. The van der Waals surface area contributed by atoms with Crippen molar-refractivity contribution >= 4 is 6.01 Å². The minimum Gasteiger partial charge on any atom is -0.480 e. The Bertz CT molecular complexity index is 424. The third-order valence-corrected chi connectivity index (χ3v) is 1.52. The lowest BCUT2D eigenvalue weighted by Gasteiger charge is -1.96. The van der Waals surface area contributed by atoms with Crippen LogP contribution in [0, 0.1) is 0 Å². The van der Waals surface area contributed by atoms with Crippen LogP contribution >= 0.6 is 0 Å². The second kappa shape index (κ2) is 3.29. The first-order valence-corrected chi connectivity index (χ1v) is 3.77. The Balaban J connectivity index is 2.33. The second-order valence-electron chi connectivity index (χ2n) is 2.42. The van der Waals surface area contributed by atoms with Crippen molar-refractivity contribution in [1.82, 2.24) is 20.3 Å². The number of rotatable bonds is 2. The number of ether oxygens (including phenoxy) is 1. The molecule has 0 aliphatic heterocycles. The molecule has 0 aliphatic carbocycles. The zero-order chi connectivity index (χ0) is 9.97. The summed E-state index contributed by atoms with van der Waals surface area (Å²) in [4.78, 5) is 3.79. The number of methoxy groups -OCH3 is 1. The summed E-state index contributed by atoms with van der Waals surface area (Å²) in [5, 5.41) is 11.2. The van der Waals surface area contributed by atoms with Gasteiger partial charge in [-0.2, -0.15) is 4.98 Å². The van der Waals surface area contributed by atoms with Crippen LogP contribution in [0.25, 0.3) is 11.5 Å². The number of nitrogens with zero attached hydrogens (tertiary/aromatic N) is 4. The summed E-state index contributed by atoms with van der Waals surface area (Å²) in [5.74, 6) is 0.725. The van der Waals surface area contributed by atoms with Crippen molar-refractivity contribution in [3.63, 3.8) is 0 Å². The molecule has 2 aromatic rings. The van der Waals surface area contributed by atoms with Crippen molar-refractivity contribution in [3.05, 3.63) is 12.1 Å². The normalized spacial score (nSPS) is 10.1. The lowest BCUT2D eigenvalue weighted by molar-refractivity contribution is 0.392. The van der Waals surface area contributed by atoms with Crippen LogP contribution in [-0.2, 0) is 0 Å². The largest absolute Gasteiger partial charge is 0.480 e. The number of nitrogens with two attached hydrogens (primary N) is 1. The molecule has 0 atom stereocenters. The number of hydrogen-bond acceptors (Lipinski definition) is 7. The summed E-state index contributed by atoms with van der Waals surface area (Å²) >= 11 is 0. The highest BCUT2D eigenvalue weighted by atomic mass is 16.5. The highest BCUT2D eigenvalue weighted by Gasteiger charge is 2.07. The van der Waals surface area contributed by atoms with Gasteiger partial charge in [-0.15, -0.1) is 10.2 Å². The Kier molecular flexibility index (Phi) is 1.98. The van der Waals surface area contributed by atoms with E-state index in [4.69, 9.17) is 10.5 Å². The maximum Gasteiger partial charge on any atom is 0.319 e. The van der Waals surface area contributed by atoms with E-state index < -0.39 is 0 Å². The Morgan fingerprint density at radius 1 is 1.36 bits per heavy atom. The van der Waals surface area contributed by atoms with Crippen LogP contribution in [0.2, 0.25) is 0 Å². The summed E-state index contributed by atoms with van der Waals surface area (Å²) in [7, 11) is 1.51. The summed E-state index contributed by atoms with van der Waals surface area (Å²) < 4.78 is 9.44. The van der Waals surface area contributed by atoms with Crippen molar-refractivity contribution in [1.29, 1.82) is 0 Å². The predicted octanol–water partition coefficient (Wildman–Crippen LogP) is 0.117. The van der Waals surface area contributed by atoms with E-state index in [0.717, 1.165) is 0 Å². The lowest BCUT2D eigenvalue weighted by Crippen LogP contribution is -1.93. The van der Waals surface area contributed by atoms with Gasteiger partial charge in [0.2, 0.25) is 11.7 Å². The van der Waals surface area contributed by atoms with E-state index in [1.165, 1.54) is 7.11 Å². The highest BCUT2D eigenvalue weighted by molar-refractivity contribution is 5.48. The monoisotopic (exact) mass is 193 g/mol. The maximum atomic E-state index is 5.26. The van der Waals surface area contributed by atoms with Gasteiger partial charge in [0, 0.05) is 6.07 Å².